The van der Waals surface area contributed by atoms with Gasteiger partial charge in [-0.2, -0.15) is 0 Å². The summed E-state index contributed by atoms with van der Waals surface area (Å²) in [5, 5.41) is 0. The summed E-state index contributed by atoms with van der Waals surface area (Å²) in [5.41, 5.74) is 2.48. The fourth-order valence-electron chi connectivity index (χ4n) is 4.41. The Morgan fingerprint density at radius 3 is 2.37 bits per heavy atom. The van der Waals surface area contributed by atoms with Crippen molar-refractivity contribution in [1.29, 1.82) is 0 Å². The lowest BCUT2D eigenvalue weighted by molar-refractivity contribution is 0.423. The molecule has 0 bridgehead atoms. The monoisotopic (exact) mass is 425 g/mol. The van der Waals surface area contributed by atoms with E-state index in [1.165, 1.54) is 30.0 Å². The number of rotatable bonds is 5. The van der Waals surface area contributed by atoms with Crippen molar-refractivity contribution >= 4 is 26.7 Å². The molecule has 0 unspecified atom stereocenters. The van der Waals surface area contributed by atoms with E-state index in [0.29, 0.717) is 11.6 Å². The van der Waals surface area contributed by atoms with Gasteiger partial charge >= 0.3 is 0 Å². The summed E-state index contributed by atoms with van der Waals surface area (Å²) in [7, 11) is -2.01. The molecule has 1 aliphatic rings. The van der Waals surface area contributed by atoms with E-state index in [2.05, 4.69) is 25.3 Å². The van der Waals surface area contributed by atoms with E-state index < -0.39 is 10.0 Å². The number of hydrogen-bond acceptors (Lipinski definition) is 3. The minimum absolute atomic E-state index is 0.0835. The second kappa shape index (κ2) is 7.73. The van der Waals surface area contributed by atoms with Gasteiger partial charge in [0.1, 0.15) is 5.82 Å². The van der Waals surface area contributed by atoms with Crippen LogP contribution >= 0.6 is 0 Å². The third-order valence-corrected chi connectivity index (χ3v) is 7.88. The number of anilines is 1. The van der Waals surface area contributed by atoms with Crippen molar-refractivity contribution in [3.8, 4) is 0 Å². The third kappa shape index (κ3) is 3.85. The Hall–Kier alpha value is -2.34. The second-order valence-electron chi connectivity index (χ2n) is 9.41. The fourth-order valence-corrected chi connectivity index (χ4v) is 5.62. The lowest BCUT2D eigenvalue weighted by Crippen LogP contribution is -2.26. The third-order valence-electron chi connectivity index (χ3n) is 6.08. The van der Waals surface area contributed by atoms with Crippen molar-refractivity contribution in [3.63, 3.8) is 0 Å². The summed E-state index contributed by atoms with van der Waals surface area (Å²) in [6.45, 7) is 7.55. The van der Waals surface area contributed by atoms with Gasteiger partial charge in [0.25, 0.3) is 10.0 Å². The Morgan fingerprint density at radius 2 is 1.73 bits per heavy atom. The Morgan fingerprint density at radius 1 is 1.07 bits per heavy atom. The summed E-state index contributed by atoms with van der Waals surface area (Å²) in [4.78, 5) is 5.25. The van der Waals surface area contributed by atoms with Crippen LogP contribution in [-0.2, 0) is 22.0 Å². The zero-order valence-corrected chi connectivity index (χ0v) is 19.1. The van der Waals surface area contributed by atoms with E-state index >= 15 is 0 Å². The lowest BCUT2D eigenvalue weighted by atomic mass is 9.95. The highest BCUT2D eigenvalue weighted by Crippen LogP contribution is 2.33. The first kappa shape index (κ1) is 20.9. The topological polar surface area (TPSA) is 55.2 Å². The maximum absolute atomic E-state index is 13.0. The van der Waals surface area contributed by atoms with E-state index in [4.69, 9.17) is 4.98 Å². The zero-order chi connectivity index (χ0) is 21.5. The lowest BCUT2D eigenvalue weighted by Gasteiger charge is -2.22. The summed E-state index contributed by atoms with van der Waals surface area (Å²) in [6, 6.07) is 14.4. The smallest absolute Gasteiger partial charge is 0.264 e. The van der Waals surface area contributed by atoms with Gasteiger partial charge in [-0.1, -0.05) is 51.8 Å². The van der Waals surface area contributed by atoms with Crippen LogP contribution in [0.25, 0.3) is 11.0 Å². The van der Waals surface area contributed by atoms with E-state index in [9.17, 15) is 8.42 Å². The first-order valence-electron chi connectivity index (χ1n) is 10.7. The molecule has 0 aliphatic heterocycles. The molecule has 1 aromatic heterocycles. The number of benzene rings is 2. The highest BCUT2D eigenvalue weighted by Gasteiger charge is 2.27. The number of imidazole rings is 1. The van der Waals surface area contributed by atoms with Gasteiger partial charge < -0.3 is 4.57 Å². The van der Waals surface area contributed by atoms with Crippen molar-refractivity contribution in [2.24, 2.45) is 5.92 Å². The first-order chi connectivity index (χ1) is 14.2. The molecule has 0 spiro atoms. The van der Waals surface area contributed by atoms with Gasteiger partial charge in [0, 0.05) is 19.0 Å². The minimum atomic E-state index is -3.61. The van der Waals surface area contributed by atoms with Gasteiger partial charge in [0.15, 0.2) is 0 Å². The molecule has 160 valence electrons. The van der Waals surface area contributed by atoms with Crippen LogP contribution in [-0.4, -0.2) is 25.0 Å². The molecule has 0 saturated heterocycles. The van der Waals surface area contributed by atoms with Crippen LogP contribution in [0, 0.1) is 5.92 Å². The van der Waals surface area contributed by atoms with Crippen molar-refractivity contribution in [2.45, 2.75) is 63.3 Å². The number of aromatic nitrogens is 2. The van der Waals surface area contributed by atoms with E-state index in [1.54, 1.807) is 31.3 Å². The fraction of sp³-hybridized carbons (Fsp3) is 0.458. The van der Waals surface area contributed by atoms with E-state index in [0.717, 1.165) is 23.4 Å². The molecular formula is C24H31N3O2S. The predicted octanol–water partition coefficient (Wildman–Crippen LogP) is 5.35. The van der Waals surface area contributed by atoms with Gasteiger partial charge in [0.05, 0.1) is 21.6 Å². The second-order valence-corrected chi connectivity index (χ2v) is 11.4. The van der Waals surface area contributed by atoms with Crippen LogP contribution in [0.5, 0.6) is 0 Å². The average Bonchev–Trinajstić information content (AvgIpc) is 3.36. The maximum Gasteiger partial charge on any atom is 0.264 e. The van der Waals surface area contributed by atoms with Crippen molar-refractivity contribution < 1.29 is 8.42 Å². The standard InChI is InChI=1S/C24H31N3O2S/c1-24(2,3)23-25-21-16-19(26(4)30(28,29)20-12-6-5-7-13-20)14-15-22(21)27(23)17-18-10-8-9-11-18/h5-7,12-16,18H,8-11,17H2,1-4H3. The maximum atomic E-state index is 13.0. The molecule has 0 atom stereocenters. The SMILES string of the molecule is CN(c1ccc2c(c1)nc(C(C)(C)C)n2CC1CCCC1)S(=O)(=O)c1ccccc1. The number of nitrogens with zero attached hydrogens (tertiary/aromatic N) is 3. The van der Waals surface area contributed by atoms with Crippen LogP contribution in [0.2, 0.25) is 0 Å². The van der Waals surface area contributed by atoms with E-state index in [1.807, 2.05) is 24.3 Å². The molecule has 1 heterocycles. The van der Waals surface area contributed by atoms with Crippen LogP contribution in [0.4, 0.5) is 5.69 Å². The normalized spacial score (nSPS) is 15.7. The van der Waals surface area contributed by atoms with Crippen molar-refractivity contribution in [3.05, 3.63) is 54.4 Å². The summed E-state index contributed by atoms with van der Waals surface area (Å²) >= 11 is 0. The molecule has 1 saturated carbocycles. The van der Waals surface area contributed by atoms with Crippen LogP contribution in [0.15, 0.2) is 53.4 Å². The highest BCUT2D eigenvalue weighted by atomic mass is 32.2. The molecule has 2 aromatic carbocycles. The molecule has 30 heavy (non-hydrogen) atoms. The molecule has 6 heteroatoms. The minimum Gasteiger partial charge on any atom is -0.327 e. The van der Waals surface area contributed by atoms with Crippen LogP contribution in [0.3, 0.4) is 0 Å². The van der Waals surface area contributed by atoms with Crippen molar-refractivity contribution in [1.82, 2.24) is 9.55 Å². The summed E-state index contributed by atoms with van der Waals surface area (Å²) in [6.07, 6.45) is 5.18. The van der Waals surface area contributed by atoms with Gasteiger partial charge in [0.2, 0.25) is 0 Å². The van der Waals surface area contributed by atoms with Gasteiger partial charge in [-0.05, 0) is 49.1 Å². The predicted molar refractivity (Wildman–Crippen MR) is 122 cm³/mol. The largest absolute Gasteiger partial charge is 0.327 e. The Kier molecular flexibility index (Phi) is 5.39. The number of hydrogen-bond donors (Lipinski definition) is 0. The van der Waals surface area contributed by atoms with E-state index in [-0.39, 0.29) is 10.3 Å². The first-order valence-corrected chi connectivity index (χ1v) is 12.2. The quantitative estimate of drug-likeness (QED) is 0.554. The molecule has 4 rings (SSSR count). The number of fused-ring (bicyclic) bond motifs is 1. The average molecular weight is 426 g/mol. The van der Waals surface area contributed by atoms with Crippen molar-refractivity contribution in [2.75, 3.05) is 11.4 Å². The molecule has 0 N–H and O–H groups in total. The van der Waals surface area contributed by atoms with Crippen LogP contribution in [0.1, 0.15) is 52.3 Å². The summed E-state index contributed by atoms with van der Waals surface area (Å²) < 4.78 is 29.8. The molecule has 5 nitrogen and oxygen atoms in total. The highest BCUT2D eigenvalue weighted by molar-refractivity contribution is 7.92. The van der Waals surface area contributed by atoms with Gasteiger partial charge in [-0.15, -0.1) is 0 Å². The van der Waals surface area contributed by atoms with Gasteiger partial charge in [-0.3, -0.25) is 4.31 Å². The Balaban J connectivity index is 1.75. The molecule has 0 radical (unpaired) electrons. The molecule has 0 amide bonds. The Labute approximate surface area is 179 Å². The molecular weight excluding hydrogens is 394 g/mol. The Bertz CT molecular complexity index is 1140. The van der Waals surface area contributed by atoms with Gasteiger partial charge in [-0.25, -0.2) is 13.4 Å². The van der Waals surface area contributed by atoms with Crippen LogP contribution < -0.4 is 4.31 Å². The zero-order valence-electron chi connectivity index (χ0n) is 18.3. The number of sulfonamides is 1. The molecule has 1 aliphatic carbocycles. The molecule has 1 fully saturated rings. The summed E-state index contributed by atoms with van der Waals surface area (Å²) in [5.74, 6) is 1.76. The molecule has 3 aromatic rings.